The highest BCUT2D eigenvalue weighted by atomic mass is 35.5. The quantitative estimate of drug-likeness (QED) is 0.717. The van der Waals surface area contributed by atoms with E-state index in [1.54, 1.807) is 0 Å². The van der Waals surface area contributed by atoms with Crippen molar-refractivity contribution in [2.75, 3.05) is 0 Å². The summed E-state index contributed by atoms with van der Waals surface area (Å²) in [5, 5.41) is 2.16. The number of halogens is 1. The monoisotopic (exact) mass is 272 g/mol. The van der Waals surface area contributed by atoms with Crippen LogP contribution in [-0.4, -0.2) is 5.24 Å². The second kappa shape index (κ2) is 4.97. The molecule has 0 atom stereocenters. The minimum atomic E-state index is -0.472. The number of hydrogen-bond donors (Lipinski definition) is 0. The second-order valence-electron chi connectivity index (χ2n) is 5.44. The zero-order valence-electron chi connectivity index (χ0n) is 10.9. The van der Waals surface area contributed by atoms with Crippen molar-refractivity contribution in [1.29, 1.82) is 0 Å². The summed E-state index contributed by atoms with van der Waals surface area (Å²) < 4.78 is 0. The zero-order chi connectivity index (χ0) is 13.3. The van der Waals surface area contributed by atoms with Crippen molar-refractivity contribution in [3.8, 4) is 0 Å². The molecule has 1 aliphatic carbocycles. The van der Waals surface area contributed by atoms with Crippen LogP contribution in [0.25, 0.3) is 10.8 Å². The Balaban J connectivity index is 2.23. The number of carbonyl (C=O) groups is 1. The molecule has 0 spiro atoms. The number of carbonyl (C=O) groups excluding carboxylic acids is 1. The van der Waals surface area contributed by atoms with E-state index in [4.69, 9.17) is 11.6 Å². The van der Waals surface area contributed by atoms with Crippen molar-refractivity contribution < 1.29 is 4.79 Å². The highest BCUT2D eigenvalue weighted by Gasteiger charge is 2.40. The highest BCUT2D eigenvalue weighted by Crippen LogP contribution is 2.43. The standard InChI is InChI=1S/C17H17ClO/c18-16(19)17(11-4-1-5-12-17)15-10-6-8-13-7-2-3-9-14(13)15/h2-3,6-10H,1,4-5,11-12H2. The molecular weight excluding hydrogens is 256 g/mol. The SMILES string of the molecule is O=C(Cl)C1(c2cccc3ccccc23)CCCCC1. The van der Waals surface area contributed by atoms with Crippen LogP contribution in [0, 0.1) is 0 Å². The molecule has 0 aliphatic heterocycles. The molecule has 98 valence electrons. The number of fused-ring (bicyclic) bond motifs is 1. The summed E-state index contributed by atoms with van der Waals surface area (Å²) in [7, 11) is 0. The maximum atomic E-state index is 12.1. The van der Waals surface area contributed by atoms with Gasteiger partial charge in [0.15, 0.2) is 0 Å². The Morgan fingerprint density at radius 2 is 1.63 bits per heavy atom. The van der Waals surface area contributed by atoms with Crippen LogP contribution in [0.4, 0.5) is 0 Å². The third-order valence-electron chi connectivity index (χ3n) is 4.39. The van der Waals surface area contributed by atoms with E-state index >= 15 is 0 Å². The van der Waals surface area contributed by atoms with E-state index in [1.807, 2.05) is 18.2 Å². The first-order valence-corrected chi connectivity index (χ1v) is 7.30. The van der Waals surface area contributed by atoms with Gasteiger partial charge in [-0.15, -0.1) is 0 Å². The van der Waals surface area contributed by atoms with E-state index < -0.39 is 5.41 Å². The van der Waals surface area contributed by atoms with E-state index in [2.05, 4.69) is 24.3 Å². The van der Waals surface area contributed by atoms with Gasteiger partial charge in [0.1, 0.15) is 0 Å². The Labute approximate surface area is 118 Å². The smallest absolute Gasteiger partial charge is 0.232 e. The first-order valence-electron chi connectivity index (χ1n) is 6.92. The molecule has 0 N–H and O–H groups in total. The van der Waals surface area contributed by atoms with Gasteiger partial charge in [0.25, 0.3) is 0 Å². The van der Waals surface area contributed by atoms with Gasteiger partial charge in [-0.1, -0.05) is 61.7 Å². The molecule has 1 aliphatic rings. The number of hydrogen-bond acceptors (Lipinski definition) is 1. The van der Waals surface area contributed by atoms with Gasteiger partial charge in [-0.05, 0) is 40.8 Å². The molecule has 0 heterocycles. The molecule has 0 saturated heterocycles. The number of rotatable bonds is 2. The van der Waals surface area contributed by atoms with Gasteiger partial charge in [-0.3, -0.25) is 4.79 Å². The fourth-order valence-electron chi connectivity index (χ4n) is 3.37. The lowest BCUT2D eigenvalue weighted by Gasteiger charge is -2.35. The van der Waals surface area contributed by atoms with Crippen LogP contribution in [0.2, 0.25) is 0 Å². The molecule has 0 bridgehead atoms. The van der Waals surface area contributed by atoms with Crippen LogP contribution >= 0.6 is 11.6 Å². The first-order chi connectivity index (χ1) is 9.24. The van der Waals surface area contributed by atoms with E-state index in [0.29, 0.717) is 0 Å². The van der Waals surface area contributed by atoms with Gasteiger partial charge < -0.3 is 0 Å². The van der Waals surface area contributed by atoms with Crippen LogP contribution in [0.1, 0.15) is 37.7 Å². The summed E-state index contributed by atoms with van der Waals surface area (Å²) in [5.41, 5.74) is 0.644. The maximum Gasteiger partial charge on any atom is 0.232 e. The molecule has 1 nitrogen and oxygen atoms in total. The molecule has 0 amide bonds. The second-order valence-corrected chi connectivity index (χ2v) is 5.79. The van der Waals surface area contributed by atoms with Gasteiger partial charge in [-0.25, -0.2) is 0 Å². The molecule has 2 heteroatoms. The Bertz CT molecular complexity index is 606. The lowest BCUT2D eigenvalue weighted by atomic mass is 9.69. The summed E-state index contributed by atoms with van der Waals surface area (Å²) in [6.07, 6.45) is 5.13. The minimum Gasteiger partial charge on any atom is -0.280 e. The van der Waals surface area contributed by atoms with Gasteiger partial charge in [-0.2, -0.15) is 0 Å². The summed E-state index contributed by atoms with van der Waals surface area (Å²) in [5.74, 6) is 0. The predicted molar refractivity (Wildman–Crippen MR) is 79.6 cm³/mol. The van der Waals surface area contributed by atoms with Gasteiger partial charge >= 0.3 is 0 Å². The van der Waals surface area contributed by atoms with Crippen LogP contribution in [0.15, 0.2) is 42.5 Å². The normalized spacial score (nSPS) is 18.4. The molecular formula is C17H17ClO. The van der Waals surface area contributed by atoms with Crippen LogP contribution < -0.4 is 0 Å². The largest absolute Gasteiger partial charge is 0.280 e. The van der Waals surface area contributed by atoms with Crippen LogP contribution in [0.3, 0.4) is 0 Å². The van der Waals surface area contributed by atoms with Gasteiger partial charge in [0, 0.05) is 0 Å². The molecule has 3 rings (SSSR count). The Kier molecular flexibility index (Phi) is 3.32. The number of benzene rings is 2. The Morgan fingerprint density at radius 3 is 2.37 bits per heavy atom. The van der Waals surface area contributed by atoms with Crippen molar-refractivity contribution in [2.45, 2.75) is 37.5 Å². The summed E-state index contributed by atoms with van der Waals surface area (Å²) in [6, 6.07) is 14.5. The van der Waals surface area contributed by atoms with Crippen molar-refractivity contribution >= 4 is 27.6 Å². The molecule has 0 aromatic heterocycles. The van der Waals surface area contributed by atoms with Gasteiger partial charge in [0.05, 0.1) is 5.41 Å². The Hall–Kier alpha value is -1.34. The summed E-state index contributed by atoms with van der Waals surface area (Å²) >= 11 is 6.01. The third kappa shape index (κ3) is 2.06. The fourth-order valence-corrected chi connectivity index (χ4v) is 3.66. The molecule has 0 radical (unpaired) electrons. The highest BCUT2D eigenvalue weighted by molar-refractivity contribution is 6.65. The van der Waals surface area contributed by atoms with Crippen molar-refractivity contribution in [3.63, 3.8) is 0 Å². The average Bonchev–Trinajstić information content (AvgIpc) is 2.47. The van der Waals surface area contributed by atoms with E-state index in [1.165, 1.54) is 17.2 Å². The minimum absolute atomic E-state index is 0.191. The molecule has 1 fully saturated rings. The lowest BCUT2D eigenvalue weighted by Crippen LogP contribution is -2.35. The molecule has 0 unspecified atom stereocenters. The zero-order valence-corrected chi connectivity index (χ0v) is 11.6. The lowest BCUT2D eigenvalue weighted by molar-refractivity contribution is -0.117. The van der Waals surface area contributed by atoms with E-state index in [0.717, 1.165) is 31.2 Å². The molecule has 2 aromatic rings. The van der Waals surface area contributed by atoms with Crippen molar-refractivity contribution in [1.82, 2.24) is 0 Å². The van der Waals surface area contributed by atoms with Crippen molar-refractivity contribution in [3.05, 3.63) is 48.0 Å². The topological polar surface area (TPSA) is 17.1 Å². The molecule has 19 heavy (non-hydrogen) atoms. The van der Waals surface area contributed by atoms with Crippen LogP contribution in [0.5, 0.6) is 0 Å². The van der Waals surface area contributed by atoms with E-state index in [-0.39, 0.29) is 5.24 Å². The summed E-state index contributed by atoms with van der Waals surface area (Å²) in [6.45, 7) is 0. The first kappa shape index (κ1) is 12.7. The predicted octanol–water partition coefficient (Wildman–Crippen LogP) is 4.81. The van der Waals surface area contributed by atoms with Crippen LogP contribution in [-0.2, 0) is 10.2 Å². The third-order valence-corrected chi connectivity index (χ3v) is 4.75. The fraction of sp³-hybridized carbons (Fsp3) is 0.353. The maximum absolute atomic E-state index is 12.1. The Morgan fingerprint density at radius 1 is 0.947 bits per heavy atom. The van der Waals surface area contributed by atoms with Gasteiger partial charge in [0.2, 0.25) is 5.24 Å². The molecule has 1 saturated carbocycles. The van der Waals surface area contributed by atoms with Crippen molar-refractivity contribution in [2.24, 2.45) is 0 Å². The molecule has 2 aromatic carbocycles. The van der Waals surface area contributed by atoms with E-state index in [9.17, 15) is 4.79 Å². The summed E-state index contributed by atoms with van der Waals surface area (Å²) in [4.78, 5) is 12.1. The average molecular weight is 273 g/mol.